The molecule has 7 nitrogen and oxygen atoms in total. The number of amides is 2. The number of anilines is 1. The number of imide groups is 1. The van der Waals surface area contributed by atoms with Gasteiger partial charge in [-0.15, -0.1) is 0 Å². The highest BCUT2D eigenvalue weighted by Gasteiger charge is 2.44. The first-order valence-corrected chi connectivity index (χ1v) is 9.98. The highest BCUT2D eigenvalue weighted by atomic mass is 32.2. The molecule has 29 heavy (non-hydrogen) atoms. The van der Waals surface area contributed by atoms with Crippen molar-refractivity contribution in [1.82, 2.24) is 14.9 Å². The molecule has 0 bridgehead atoms. The van der Waals surface area contributed by atoms with E-state index < -0.39 is 17.6 Å². The smallest absolute Gasteiger partial charge is 0.283 e. The van der Waals surface area contributed by atoms with Gasteiger partial charge in [0.2, 0.25) is 0 Å². The van der Waals surface area contributed by atoms with Crippen LogP contribution in [0, 0.1) is 19.7 Å². The second kappa shape index (κ2) is 7.92. The van der Waals surface area contributed by atoms with Crippen LogP contribution in [0.2, 0.25) is 0 Å². The Morgan fingerprint density at radius 2 is 1.69 bits per heavy atom. The summed E-state index contributed by atoms with van der Waals surface area (Å²) >= 11 is 1.04. The molecule has 2 amide bonds. The Balaban J connectivity index is 1.78. The van der Waals surface area contributed by atoms with E-state index in [0.29, 0.717) is 31.5 Å². The molecule has 2 aliphatic heterocycles. The fourth-order valence-corrected chi connectivity index (χ4v) is 4.39. The molecular weight excluding hydrogens is 395 g/mol. The zero-order chi connectivity index (χ0) is 20.5. The summed E-state index contributed by atoms with van der Waals surface area (Å²) in [6, 6.07) is 7.57. The zero-order valence-corrected chi connectivity index (χ0v) is 16.8. The summed E-state index contributed by atoms with van der Waals surface area (Å²) in [5, 5.41) is 0.375. The third-order valence-corrected chi connectivity index (χ3v) is 5.53. The number of aryl methyl sites for hydroxylation is 2. The van der Waals surface area contributed by atoms with Crippen molar-refractivity contribution in [2.75, 3.05) is 31.2 Å². The molecule has 2 aromatic rings. The lowest BCUT2D eigenvalue weighted by Crippen LogP contribution is -2.40. The van der Waals surface area contributed by atoms with Crippen molar-refractivity contribution in [3.05, 3.63) is 58.1 Å². The van der Waals surface area contributed by atoms with E-state index in [1.165, 1.54) is 18.2 Å². The predicted molar refractivity (Wildman–Crippen MR) is 106 cm³/mol. The van der Waals surface area contributed by atoms with Crippen molar-refractivity contribution in [3.63, 3.8) is 0 Å². The van der Waals surface area contributed by atoms with Crippen LogP contribution in [0.1, 0.15) is 11.4 Å². The van der Waals surface area contributed by atoms with Gasteiger partial charge in [0.1, 0.15) is 16.4 Å². The number of hydrogen-bond acceptors (Lipinski definition) is 7. The Labute approximate surface area is 171 Å². The number of carbonyl (C=O) groups excluding carboxylic acids is 2. The Kier molecular flexibility index (Phi) is 5.33. The van der Waals surface area contributed by atoms with Crippen LogP contribution in [0.3, 0.4) is 0 Å². The lowest BCUT2D eigenvalue weighted by atomic mass is 10.2. The van der Waals surface area contributed by atoms with Crippen molar-refractivity contribution < 1.29 is 18.7 Å². The van der Waals surface area contributed by atoms with E-state index >= 15 is 0 Å². The third-order valence-electron chi connectivity index (χ3n) is 4.59. The van der Waals surface area contributed by atoms with Crippen LogP contribution in [0.4, 0.5) is 10.1 Å². The number of aromatic nitrogens is 2. The van der Waals surface area contributed by atoms with Crippen LogP contribution >= 0.6 is 11.8 Å². The molecule has 4 rings (SSSR count). The number of hydrogen-bond donors (Lipinski definition) is 0. The molecular formula is C20H19FN4O3S. The van der Waals surface area contributed by atoms with Crippen LogP contribution in [0.5, 0.6) is 0 Å². The lowest BCUT2D eigenvalue weighted by molar-refractivity contribution is -0.121. The first kappa shape index (κ1) is 19.5. The summed E-state index contributed by atoms with van der Waals surface area (Å²) < 4.78 is 19.8. The number of carbonyl (C=O) groups is 2. The summed E-state index contributed by atoms with van der Waals surface area (Å²) in [6.45, 7) is 5.51. The Bertz CT molecular complexity index is 1000. The van der Waals surface area contributed by atoms with Gasteiger partial charge in [-0.1, -0.05) is 12.1 Å². The van der Waals surface area contributed by atoms with Crippen molar-refractivity contribution >= 4 is 29.3 Å². The maximum atomic E-state index is 14.4. The van der Waals surface area contributed by atoms with Gasteiger partial charge in [-0.25, -0.2) is 19.3 Å². The normalized spacial score (nSPS) is 17.5. The summed E-state index contributed by atoms with van der Waals surface area (Å²) in [6.07, 6.45) is 0. The zero-order valence-electron chi connectivity index (χ0n) is 16.0. The van der Waals surface area contributed by atoms with Gasteiger partial charge >= 0.3 is 0 Å². The Morgan fingerprint density at radius 3 is 2.34 bits per heavy atom. The molecule has 0 atom stereocenters. The molecule has 3 heterocycles. The lowest BCUT2D eigenvalue weighted by Gasteiger charge is -2.29. The summed E-state index contributed by atoms with van der Waals surface area (Å²) in [4.78, 5) is 38.1. The number of ether oxygens (including phenoxy) is 1. The van der Waals surface area contributed by atoms with E-state index in [1.807, 2.05) is 24.8 Å². The molecule has 1 saturated heterocycles. The maximum absolute atomic E-state index is 14.4. The van der Waals surface area contributed by atoms with Gasteiger partial charge in [-0.05, 0) is 43.8 Å². The second-order valence-corrected chi connectivity index (χ2v) is 7.69. The molecule has 0 unspecified atom stereocenters. The Hall–Kier alpha value is -2.78. The summed E-state index contributed by atoms with van der Waals surface area (Å²) in [7, 11) is 0. The molecule has 0 radical (unpaired) electrons. The molecule has 1 fully saturated rings. The standard InChI is InChI=1S/C20H19FN4O3S/c1-12-11-13(2)23-20(22-12)29-17-16(24-7-9-28-10-8-24)18(26)25(19(17)27)15-6-4-3-5-14(15)21/h3-6,11H,7-10H2,1-2H3. The van der Waals surface area contributed by atoms with Gasteiger partial charge in [0.05, 0.1) is 18.9 Å². The quantitative estimate of drug-likeness (QED) is 0.562. The van der Waals surface area contributed by atoms with Crippen molar-refractivity contribution in [3.8, 4) is 0 Å². The maximum Gasteiger partial charge on any atom is 0.283 e. The molecule has 0 N–H and O–H groups in total. The first-order valence-electron chi connectivity index (χ1n) is 9.16. The van der Waals surface area contributed by atoms with Crippen molar-refractivity contribution in [2.24, 2.45) is 0 Å². The van der Waals surface area contributed by atoms with Gasteiger partial charge in [0, 0.05) is 24.5 Å². The molecule has 1 aromatic carbocycles. The highest BCUT2D eigenvalue weighted by molar-refractivity contribution is 8.04. The van der Waals surface area contributed by atoms with E-state index in [-0.39, 0.29) is 16.3 Å². The average Bonchev–Trinajstić information content (AvgIpc) is 2.92. The van der Waals surface area contributed by atoms with Gasteiger partial charge in [0.25, 0.3) is 11.8 Å². The fourth-order valence-electron chi connectivity index (χ4n) is 3.34. The van der Waals surface area contributed by atoms with E-state index in [1.54, 1.807) is 6.07 Å². The Morgan fingerprint density at radius 1 is 1.03 bits per heavy atom. The number of para-hydroxylation sites is 1. The SMILES string of the molecule is Cc1cc(C)nc(SC2=C(N3CCOCC3)C(=O)N(c3ccccc3F)C2=O)n1. The van der Waals surface area contributed by atoms with Gasteiger partial charge in [0.15, 0.2) is 5.16 Å². The highest BCUT2D eigenvalue weighted by Crippen LogP contribution is 2.38. The van der Waals surface area contributed by atoms with Crippen LogP contribution in [0.25, 0.3) is 0 Å². The van der Waals surface area contributed by atoms with Crippen LogP contribution in [-0.2, 0) is 14.3 Å². The third kappa shape index (κ3) is 3.75. The molecule has 9 heteroatoms. The van der Waals surface area contributed by atoms with E-state index in [0.717, 1.165) is 28.0 Å². The van der Waals surface area contributed by atoms with Crippen LogP contribution in [-0.4, -0.2) is 53.0 Å². The largest absolute Gasteiger partial charge is 0.378 e. The average molecular weight is 414 g/mol. The predicted octanol–water partition coefficient (Wildman–Crippen LogP) is 2.44. The topological polar surface area (TPSA) is 75.6 Å². The number of nitrogens with zero attached hydrogens (tertiary/aromatic N) is 4. The minimum atomic E-state index is -0.635. The van der Waals surface area contributed by atoms with Crippen molar-refractivity contribution in [2.45, 2.75) is 19.0 Å². The van der Waals surface area contributed by atoms with Gasteiger partial charge in [-0.2, -0.15) is 0 Å². The van der Waals surface area contributed by atoms with E-state index in [2.05, 4.69) is 9.97 Å². The summed E-state index contributed by atoms with van der Waals surface area (Å²) in [5.41, 5.74) is 1.70. The molecule has 2 aliphatic rings. The number of benzene rings is 1. The number of rotatable bonds is 4. The minimum absolute atomic E-state index is 0.0646. The fraction of sp³-hybridized carbons (Fsp3) is 0.300. The number of thioether (sulfide) groups is 1. The summed E-state index contributed by atoms with van der Waals surface area (Å²) in [5.74, 6) is -1.76. The number of halogens is 1. The molecule has 0 saturated carbocycles. The molecule has 1 aromatic heterocycles. The van der Waals surface area contributed by atoms with E-state index in [9.17, 15) is 14.0 Å². The van der Waals surface area contributed by atoms with Gasteiger partial charge in [-0.3, -0.25) is 9.59 Å². The first-order chi connectivity index (χ1) is 14.0. The van der Waals surface area contributed by atoms with Gasteiger partial charge < -0.3 is 9.64 Å². The monoisotopic (exact) mass is 414 g/mol. The van der Waals surface area contributed by atoms with Crippen molar-refractivity contribution in [1.29, 1.82) is 0 Å². The van der Waals surface area contributed by atoms with Crippen LogP contribution in [0.15, 0.2) is 46.1 Å². The minimum Gasteiger partial charge on any atom is -0.378 e. The van der Waals surface area contributed by atoms with E-state index in [4.69, 9.17) is 4.74 Å². The molecule has 0 aliphatic carbocycles. The second-order valence-electron chi connectivity index (χ2n) is 6.71. The molecule has 0 spiro atoms. The number of morpholine rings is 1. The molecule has 150 valence electrons. The van der Waals surface area contributed by atoms with Crippen LogP contribution < -0.4 is 4.90 Å².